The first kappa shape index (κ1) is 21.9. The number of H-pyrrole nitrogens is 1. The molecule has 5 rings (SSSR count). The van der Waals surface area contributed by atoms with E-state index >= 15 is 0 Å². The Morgan fingerprint density at radius 2 is 1.88 bits per heavy atom. The van der Waals surface area contributed by atoms with Crippen LogP contribution in [-0.2, 0) is 4.79 Å². The van der Waals surface area contributed by atoms with Crippen LogP contribution in [0.5, 0.6) is 11.5 Å². The van der Waals surface area contributed by atoms with Crippen LogP contribution in [0.2, 0.25) is 5.02 Å². The predicted molar refractivity (Wildman–Crippen MR) is 130 cm³/mol. The van der Waals surface area contributed by atoms with Gasteiger partial charge in [-0.25, -0.2) is 9.97 Å². The molecule has 3 heterocycles. The summed E-state index contributed by atoms with van der Waals surface area (Å²) in [7, 11) is 0. The van der Waals surface area contributed by atoms with Crippen molar-refractivity contribution in [2.75, 3.05) is 18.4 Å². The number of likely N-dealkylation sites (tertiary alicyclic amines) is 1. The molecule has 1 amide bonds. The van der Waals surface area contributed by atoms with E-state index < -0.39 is 0 Å². The molecule has 172 valence electrons. The number of piperidine rings is 1. The summed E-state index contributed by atoms with van der Waals surface area (Å²) in [5, 5.41) is 4.34. The first-order valence-corrected chi connectivity index (χ1v) is 11.4. The Labute approximate surface area is 200 Å². The number of nitrogens with zero attached hydrogens (tertiary/aromatic N) is 3. The molecule has 0 spiro atoms. The van der Waals surface area contributed by atoms with Gasteiger partial charge in [-0.2, -0.15) is 0 Å². The average molecular weight is 476 g/mol. The van der Waals surface area contributed by atoms with Crippen LogP contribution >= 0.6 is 11.6 Å². The quantitative estimate of drug-likeness (QED) is 0.297. The molecule has 1 aliphatic heterocycles. The Balaban J connectivity index is 1.41. The highest BCUT2D eigenvalue weighted by molar-refractivity contribution is 6.35. The molecule has 9 heteroatoms. The maximum Gasteiger partial charge on any atom is 0.209 e. The number of ketones is 1. The van der Waals surface area contributed by atoms with Gasteiger partial charge in [-0.3, -0.25) is 9.59 Å². The molecule has 2 aromatic heterocycles. The van der Waals surface area contributed by atoms with Gasteiger partial charge < -0.3 is 19.9 Å². The summed E-state index contributed by atoms with van der Waals surface area (Å²) in [5.74, 6) is 1.57. The molecule has 0 atom stereocenters. The Hall–Kier alpha value is -3.91. The molecule has 0 unspecified atom stereocenters. The third-order valence-electron chi connectivity index (χ3n) is 5.90. The van der Waals surface area contributed by atoms with Crippen molar-refractivity contribution in [3.63, 3.8) is 0 Å². The zero-order chi connectivity index (χ0) is 23.5. The summed E-state index contributed by atoms with van der Waals surface area (Å²) in [6, 6.07) is 14.5. The maximum atomic E-state index is 13.5. The molecule has 2 aromatic carbocycles. The summed E-state index contributed by atoms with van der Waals surface area (Å²) in [5.41, 5.74) is 1.35. The van der Waals surface area contributed by atoms with E-state index in [4.69, 9.17) is 16.3 Å². The number of hydrogen-bond acceptors (Lipinski definition) is 6. The molecule has 0 bridgehead atoms. The van der Waals surface area contributed by atoms with E-state index in [0.717, 1.165) is 19.3 Å². The standard InChI is InChI=1S/C25H22ClN5O3/c26-21-12-18(34-17-4-2-1-3-5-17)6-7-19(21)23(33)20-13-27-24-22(20)25(29-14-28-24)30-16-8-10-31(15-32)11-9-16/h1-7,12-16H,8-11H2,(H2,27,28,29,30). The molecule has 1 aliphatic rings. The fraction of sp³-hybridized carbons (Fsp3) is 0.200. The molecule has 1 saturated heterocycles. The van der Waals surface area contributed by atoms with Gasteiger partial charge in [0.25, 0.3) is 0 Å². The topological polar surface area (TPSA) is 100 Å². The first-order chi connectivity index (χ1) is 16.6. The van der Waals surface area contributed by atoms with Gasteiger partial charge in [-0.05, 0) is 37.1 Å². The van der Waals surface area contributed by atoms with E-state index in [0.29, 0.717) is 57.6 Å². The number of hydrogen-bond donors (Lipinski definition) is 2. The lowest BCUT2D eigenvalue weighted by Crippen LogP contribution is -2.38. The average Bonchev–Trinajstić information content (AvgIpc) is 3.30. The molecule has 34 heavy (non-hydrogen) atoms. The lowest BCUT2D eigenvalue weighted by atomic mass is 10.0. The summed E-state index contributed by atoms with van der Waals surface area (Å²) >= 11 is 6.49. The minimum absolute atomic E-state index is 0.144. The van der Waals surface area contributed by atoms with Crippen molar-refractivity contribution in [1.82, 2.24) is 19.9 Å². The van der Waals surface area contributed by atoms with Crippen LogP contribution in [0.4, 0.5) is 5.82 Å². The van der Waals surface area contributed by atoms with E-state index in [2.05, 4.69) is 20.3 Å². The Morgan fingerprint density at radius 1 is 1.09 bits per heavy atom. The first-order valence-electron chi connectivity index (χ1n) is 11.0. The highest BCUT2D eigenvalue weighted by atomic mass is 35.5. The van der Waals surface area contributed by atoms with Crippen molar-refractivity contribution in [1.29, 1.82) is 0 Å². The molecular weight excluding hydrogens is 454 g/mol. The zero-order valence-corrected chi connectivity index (χ0v) is 19.0. The SMILES string of the molecule is O=CN1CCC(Nc2ncnc3[nH]cc(C(=O)c4ccc(Oc5ccccc5)cc4Cl)c23)CC1. The zero-order valence-electron chi connectivity index (χ0n) is 18.2. The number of aromatic amines is 1. The van der Waals surface area contributed by atoms with Gasteiger partial charge in [0.05, 0.1) is 16.0 Å². The second-order valence-corrected chi connectivity index (χ2v) is 8.50. The van der Waals surface area contributed by atoms with Gasteiger partial charge in [0.1, 0.15) is 29.3 Å². The van der Waals surface area contributed by atoms with Crippen molar-refractivity contribution in [3.8, 4) is 11.5 Å². The normalized spacial score (nSPS) is 14.2. The van der Waals surface area contributed by atoms with E-state index in [1.807, 2.05) is 30.3 Å². The van der Waals surface area contributed by atoms with Gasteiger partial charge in [-0.1, -0.05) is 29.8 Å². The Bertz CT molecular complexity index is 1330. The van der Waals surface area contributed by atoms with E-state index in [1.165, 1.54) is 6.33 Å². The number of aromatic nitrogens is 3. The minimum Gasteiger partial charge on any atom is -0.457 e. The Kier molecular flexibility index (Phi) is 6.14. The third kappa shape index (κ3) is 4.45. The molecular formula is C25H22ClN5O3. The molecule has 0 radical (unpaired) electrons. The molecule has 0 saturated carbocycles. The summed E-state index contributed by atoms with van der Waals surface area (Å²) in [4.78, 5) is 37.9. The minimum atomic E-state index is -0.240. The van der Waals surface area contributed by atoms with Crippen molar-refractivity contribution < 1.29 is 14.3 Å². The smallest absolute Gasteiger partial charge is 0.209 e. The monoisotopic (exact) mass is 475 g/mol. The van der Waals surface area contributed by atoms with Gasteiger partial charge in [0, 0.05) is 37.0 Å². The van der Waals surface area contributed by atoms with E-state index in [9.17, 15) is 9.59 Å². The van der Waals surface area contributed by atoms with E-state index in [1.54, 1.807) is 29.3 Å². The number of nitrogens with one attached hydrogen (secondary N) is 2. The number of fused-ring (bicyclic) bond motifs is 1. The fourth-order valence-electron chi connectivity index (χ4n) is 4.11. The lowest BCUT2D eigenvalue weighted by molar-refractivity contribution is -0.118. The van der Waals surface area contributed by atoms with Gasteiger partial charge in [-0.15, -0.1) is 0 Å². The fourth-order valence-corrected chi connectivity index (χ4v) is 4.36. The Morgan fingerprint density at radius 3 is 2.62 bits per heavy atom. The second kappa shape index (κ2) is 9.52. The van der Waals surface area contributed by atoms with Crippen LogP contribution < -0.4 is 10.1 Å². The van der Waals surface area contributed by atoms with Gasteiger partial charge in [0.15, 0.2) is 5.78 Å². The van der Waals surface area contributed by atoms with Crippen LogP contribution in [0.3, 0.4) is 0 Å². The molecule has 2 N–H and O–H groups in total. The van der Waals surface area contributed by atoms with Crippen molar-refractivity contribution in [2.45, 2.75) is 18.9 Å². The number of halogens is 1. The van der Waals surface area contributed by atoms with Crippen molar-refractivity contribution >= 4 is 40.6 Å². The number of carbonyl (C=O) groups is 2. The van der Waals surface area contributed by atoms with Crippen molar-refractivity contribution in [2.24, 2.45) is 0 Å². The van der Waals surface area contributed by atoms with Crippen LogP contribution in [0.15, 0.2) is 61.1 Å². The van der Waals surface area contributed by atoms with Crippen LogP contribution in [0.25, 0.3) is 11.0 Å². The largest absolute Gasteiger partial charge is 0.457 e. The van der Waals surface area contributed by atoms with Crippen LogP contribution in [0, 0.1) is 0 Å². The number of para-hydroxylation sites is 1. The van der Waals surface area contributed by atoms with Gasteiger partial charge >= 0.3 is 0 Å². The maximum absolute atomic E-state index is 13.5. The number of anilines is 1. The summed E-state index contributed by atoms with van der Waals surface area (Å²) < 4.78 is 5.82. The second-order valence-electron chi connectivity index (χ2n) is 8.09. The number of carbonyl (C=O) groups excluding carboxylic acids is 2. The third-order valence-corrected chi connectivity index (χ3v) is 6.21. The molecule has 0 aliphatic carbocycles. The highest BCUT2D eigenvalue weighted by Gasteiger charge is 2.23. The number of benzene rings is 2. The predicted octanol–water partition coefficient (Wildman–Crippen LogP) is 4.67. The summed E-state index contributed by atoms with van der Waals surface area (Å²) in [6.07, 6.45) is 5.56. The summed E-state index contributed by atoms with van der Waals surface area (Å²) in [6.45, 7) is 1.36. The van der Waals surface area contributed by atoms with Crippen LogP contribution in [-0.4, -0.2) is 51.2 Å². The molecule has 1 fully saturated rings. The highest BCUT2D eigenvalue weighted by Crippen LogP contribution is 2.31. The lowest BCUT2D eigenvalue weighted by Gasteiger charge is -2.30. The number of rotatable bonds is 7. The molecule has 8 nitrogen and oxygen atoms in total. The van der Waals surface area contributed by atoms with Gasteiger partial charge in [0.2, 0.25) is 6.41 Å². The van der Waals surface area contributed by atoms with E-state index in [-0.39, 0.29) is 11.8 Å². The van der Waals surface area contributed by atoms with Crippen LogP contribution in [0.1, 0.15) is 28.8 Å². The molecule has 4 aromatic rings. The van der Waals surface area contributed by atoms with Crippen molar-refractivity contribution in [3.05, 3.63) is 77.2 Å². The number of ether oxygens (including phenoxy) is 1. The number of amides is 1.